The fraction of sp³-hybridized carbons (Fsp3) is 0.545. The molecule has 2 heterocycles. The number of aromatic nitrogens is 1. The van der Waals surface area contributed by atoms with Crippen LogP contribution < -0.4 is 10.2 Å². The van der Waals surface area contributed by atoms with E-state index in [-0.39, 0.29) is 5.54 Å². The van der Waals surface area contributed by atoms with Crippen LogP contribution in [0.3, 0.4) is 0 Å². The van der Waals surface area contributed by atoms with E-state index in [1.54, 1.807) is 0 Å². The van der Waals surface area contributed by atoms with E-state index in [0.29, 0.717) is 0 Å². The summed E-state index contributed by atoms with van der Waals surface area (Å²) in [5.74, 6) is 0. The number of anilines is 2. The van der Waals surface area contributed by atoms with Crippen molar-refractivity contribution < 1.29 is 0 Å². The summed E-state index contributed by atoms with van der Waals surface area (Å²) < 4.78 is 0. The van der Waals surface area contributed by atoms with Crippen LogP contribution in [0, 0.1) is 0 Å². The van der Waals surface area contributed by atoms with Crippen LogP contribution in [0.15, 0.2) is 18.5 Å². The summed E-state index contributed by atoms with van der Waals surface area (Å²) >= 11 is 0. The lowest BCUT2D eigenvalue weighted by Gasteiger charge is -2.44. The van der Waals surface area contributed by atoms with Gasteiger partial charge in [0.2, 0.25) is 0 Å². The van der Waals surface area contributed by atoms with E-state index in [1.807, 2.05) is 12.4 Å². The van der Waals surface area contributed by atoms with Gasteiger partial charge in [-0.1, -0.05) is 0 Å². The SMILES string of the molecule is CCN1c2ccncc2NCC1(C)C. The molecule has 1 aromatic heterocycles. The van der Waals surface area contributed by atoms with Gasteiger partial charge in [-0.05, 0) is 26.8 Å². The van der Waals surface area contributed by atoms with Crippen molar-refractivity contribution in [3.05, 3.63) is 18.5 Å². The van der Waals surface area contributed by atoms with Crippen LogP contribution >= 0.6 is 0 Å². The highest BCUT2D eigenvalue weighted by Crippen LogP contribution is 2.34. The molecule has 0 fully saturated rings. The smallest absolute Gasteiger partial charge is 0.0765 e. The van der Waals surface area contributed by atoms with Crippen LogP contribution in [0.1, 0.15) is 20.8 Å². The van der Waals surface area contributed by atoms with Crippen molar-refractivity contribution >= 4 is 11.4 Å². The Morgan fingerprint density at radius 1 is 1.57 bits per heavy atom. The van der Waals surface area contributed by atoms with Gasteiger partial charge in [0.25, 0.3) is 0 Å². The summed E-state index contributed by atoms with van der Waals surface area (Å²) in [6, 6.07) is 2.08. The van der Waals surface area contributed by atoms with Gasteiger partial charge in [-0.15, -0.1) is 0 Å². The Kier molecular flexibility index (Phi) is 2.10. The van der Waals surface area contributed by atoms with Crippen LogP contribution in [0.25, 0.3) is 0 Å². The first-order valence-corrected chi connectivity index (χ1v) is 5.10. The molecule has 0 aliphatic carbocycles. The number of hydrogen-bond acceptors (Lipinski definition) is 3. The fourth-order valence-electron chi connectivity index (χ4n) is 2.09. The highest BCUT2D eigenvalue weighted by molar-refractivity contribution is 5.72. The Morgan fingerprint density at radius 2 is 2.36 bits per heavy atom. The summed E-state index contributed by atoms with van der Waals surface area (Å²) in [6.45, 7) is 8.71. The summed E-state index contributed by atoms with van der Waals surface area (Å²) in [5, 5.41) is 3.41. The van der Waals surface area contributed by atoms with Crippen LogP contribution in [0.2, 0.25) is 0 Å². The van der Waals surface area contributed by atoms with E-state index in [1.165, 1.54) is 5.69 Å². The first-order chi connectivity index (χ1) is 6.65. The molecule has 2 rings (SSSR count). The normalized spacial score (nSPS) is 18.6. The van der Waals surface area contributed by atoms with Crippen LogP contribution in [-0.2, 0) is 0 Å². The van der Waals surface area contributed by atoms with E-state index in [2.05, 4.69) is 42.0 Å². The van der Waals surface area contributed by atoms with Gasteiger partial charge >= 0.3 is 0 Å². The van der Waals surface area contributed by atoms with E-state index < -0.39 is 0 Å². The Labute approximate surface area is 85.1 Å². The van der Waals surface area contributed by atoms with Crippen molar-refractivity contribution in [3.63, 3.8) is 0 Å². The number of pyridine rings is 1. The number of likely N-dealkylation sites (N-methyl/N-ethyl adjacent to an activating group) is 1. The molecule has 0 aromatic carbocycles. The highest BCUT2D eigenvalue weighted by atomic mass is 15.3. The zero-order valence-corrected chi connectivity index (χ0v) is 9.04. The lowest BCUT2D eigenvalue weighted by atomic mass is 9.98. The van der Waals surface area contributed by atoms with Crippen LogP contribution in [-0.4, -0.2) is 23.6 Å². The molecule has 0 saturated carbocycles. The third-order valence-electron chi connectivity index (χ3n) is 2.85. The van der Waals surface area contributed by atoms with Gasteiger partial charge in [-0.25, -0.2) is 0 Å². The third-order valence-corrected chi connectivity index (χ3v) is 2.85. The van der Waals surface area contributed by atoms with Gasteiger partial charge in [-0.2, -0.15) is 0 Å². The Bertz CT molecular complexity index is 333. The minimum Gasteiger partial charge on any atom is -0.380 e. The molecule has 1 aromatic rings. The first kappa shape index (κ1) is 9.31. The summed E-state index contributed by atoms with van der Waals surface area (Å²) in [7, 11) is 0. The monoisotopic (exact) mass is 191 g/mol. The largest absolute Gasteiger partial charge is 0.380 e. The van der Waals surface area contributed by atoms with E-state index in [0.717, 1.165) is 18.8 Å². The van der Waals surface area contributed by atoms with Gasteiger partial charge < -0.3 is 10.2 Å². The zero-order valence-electron chi connectivity index (χ0n) is 9.04. The van der Waals surface area contributed by atoms with Gasteiger partial charge in [0.1, 0.15) is 0 Å². The molecule has 0 spiro atoms. The lowest BCUT2D eigenvalue weighted by Crippen LogP contribution is -2.52. The minimum atomic E-state index is 0.184. The average molecular weight is 191 g/mol. The molecule has 0 atom stereocenters. The molecule has 76 valence electrons. The fourth-order valence-corrected chi connectivity index (χ4v) is 2.09. The Hall–Kier alpha value is -1.25. The third kappa shape index (κ3) is 1.33. The second-order valence-electron chi connectivity index (χ2n) is 4.30. The maximum absolute atomic E-state index is 4.13. The molecule has 3 nitrogen and oxygen atoms in total. The summed E-state index contributed by atoms with van der Waals surface area (Å²) in [4.78, 5) is 6.54. The van der Waals surface area contributed by atoms with E-state index in [4.69, 9.17) is 0 Å². The van der Waals surface area contributed by atoms with Crippen LogP contribution in [0.4, 0.5) is 11.4 Å². The van der Waals surface area contributed by atoms with Crippen molar-refractivity contribution in [3.8, 4) is 0 Å². The summed E-state index contributed by atoms with van der Waals surface area (Å²) in [6.07, 6.45) is 3.75. The highest BCUT2D eigenvalue weighted by Gasteiger charge is 2.31. The van der Waals surface area contributed by atoms with E-state index >= 15 is 0 Å². The summed E-state index contributed by atoms with van der Waals surface area (Å²) in [5.41, 5.74) is 2.59. The van der Waals surface area contributed by atoms with Crippen molar-refractivity contribution in [2.75, 3.05) is 23.3 Å². The molecular weight excluding hydrogens is 174 g/mol. The molecular formula is C11H17N3. The van der Waals surface area contributed by atoms with Crippen molar-refractivity contribution in [1.82, 2.24) is 4.98 Å². The predicted octanol–water partition coefficient (Wildman–Crippen LogP) is 2.11. The average Bonchev–Trinajstić information content (AvgIpc) is 2.17. The number of hydrogen-bond donors (Lipinski definition) is 1. The molecule has 1 aliphatic rings. The van der Waals surface area contributed by atoms with Crippen molar-refractivity contribution in [2.24, 2.45) is 0 Å². The maximum Gasteiger partial charge on any atom is 0.0765 e. The molecule has 0 saturated heterocycles. The second kappa shape index (κ2) is 3.15. The molecule has 1 aliphatic heterocycles. The maximum atomic E-state index is 4.13. The van der Waals surface area contributed by atoms with Gasteiger partial charge in [0.05, 0.1) is 23.1 Å². The zero-order chi connectivity index (χ0) is 10.2. The molecule has 3 heteroatoms. The predicted molar refractivity (Wildman–Crippen MR) is 59.8 cm³/mol. The quantitative estimate of drug-likeness (QED) is 0.737. The molecule has 0 bridgehead atoms. The Morgan fingerprint density at radius 3 is 3.07 bits per heavy atom. The standard InChI is InChI=1S/C11H17N3/c1-4-14-10-5-6-12-7-9(10)13-8-11(14,2)3/h5-7,13H,4,8H2,1-3H3. The number of nitrogens with one attached hydrogen (secondary N) is 1. The molecule has 1 N–H and O–H groups in total. The van der Waals surface area contributed by atoms with E-state index in [9.17, 15) is 0 Å². The number of rotatable bonds is 1. The molecule has 14 heavy (non-hydrogen) atoms. The topological polar surface area (TPSA) is 28.2 Å². The number of fused-ring (bicyclic) bond motifs is 1. The Balaban J connectivity index is 2.45. The molecule has 0 unspecified atom stereocenters. The van der Waals surface area contributed by atoms with Gasteiger partial charge in [0.15, 0.2) is 0 Å². The van der Waals surface area contributed by atoms with Crippen molar-refractivity contribution in [1.29, 1.82) is 0 Å². The lowest BCUT2D eigenvalue weighted by molar-refractivity contribution is 0.480. The van der Waals surface area contributed by atoms with Gasteiger partial charge in [-0.3, -0.25) is 4.98 Å². The van der Waals surface area contributed by atoms with Crippen LogP contribution in [0.5, 0.6) is 0 Å². The molecule has 0 amide bonds. The molecule has 0 radical (unpaired) electrons. The van der Waals surface area contributed by atoms with Crippen molar-refractivity contribution in [2.45, 2.75) is 26.3 Å². The van der Waals surface area contributed by atoms with Gasteiger partial charge in [0, 0.05) is 19.3 Å². The second-order valence-corrected chi connectivity index (χ2v) is 4.30. The first-order valence-electron chi connectivity index (χ1n) is 5.10. The minimum absolute atomic E-state index is 0.184. The number of nitrogens with zero attached hydrogens (tertiary/aromatic N) is 2.